The van der Waals surface area contributed by atoms with E-state index in [0.29, 0.717) is 0 Å². The Morgan fingerprint density at radius 2 is 0.906 bits per heavy atom. The van der Waals surface area contributed by atoms with Gasteiger partial charge in [-0.25, -0.2) is 0 Å². The summed E-state index contributed by atoms with van der Waals surface area (Å²) in [5.74, 6) is 0. The Bertz CT molecular complexity index is 462. The first-order valence-corrected chi connectivity index (χ1v) is 21.3. The van der Waals surface area contributed by atoms with Crippen LogP contribution in [-0.4, -0.2) is 13.1 Å². The molecule has 0 atom stereocenters. The van der Waals surface area contributed by atoms with Gasteiger partial charge in [-0.2, -0.15) is 47.2 Å². The Hall–Kier alpha value is 5.44. The molecule has 0 bridgehead atoms. The van der Waals surface area contributed by atoms with Crippen LogP contribution in [0.5, 0.6) is 0 Å². The molecule has 0 heterocycles. The molecule has 0 aliphatic heterocycles. The number of nitrogens with one attached hydrogen (secondary N) is 1. The molecule has 0 saturated carbocycles. The first-order chi connectivity index (χ1) is 12.4. The Labute approximate surface area is 274 Å². The van der Waals surface area contributed by atoms with Crippen LogP contribution in [0.3, 0.4) is 0 Å². The number of rotatable bonds is 6. The molecule has 0 fully saturated rings. The van der Waals surface area contributed by atoms with Crippen molar-refractivity contribution >= 4 is 119 Å². The van der Waals surface area contributed by atoms with Crippen LogP contribution in [0.4, 0.5) is 0 Å². The van der Waals surface area contributed by atoms with E-state index in [0.717, 1.165) is 13.1 Å². The molecule has 0 unspecified atom stereocenters. The molecule has 0 aliphatic carbocycles. The SMILES string of the molecule is C=CCNCCCCC.[O-]P([O-])(=S)[S-].[O-]P([O-])(=S)[S-].[O-]P([O-])(=S)[S-].[O-]P([O-])(=S)[S-].[W].[W].[W]. The Morgan fingerprint density at radius 1 is 0.688 bits per heavy atom. The first kappa shape index (κ1) is 57.4. The summed E-state index contributed by atoms with van der Waals surface area (Å²) in [6.45, 7) is 7.92. The van der Waals surface area contributed by atoms with E-state index in [-0.39, 0.29) is 63.2 Å². The molecular formula is C8H17NO8P4S8W3-12. The van der Waals surface area contributed by atoms with Crippen molar-refractivity contribution in [3.63, 3.8) is 0 Å². The van der Waals surface area contributed by atoms with Gasteiger partial charge in [-0.3, -0.25) is 0 Å². The van der Waals surface area contributed by atoms with Gasteiger partial charge in [0.2, 0.25) is 0 Å². The van der Waals surface area contributed by atoms with Crippen LogP contribution < -0.4 is 44.5 Å². The summed E-state index contributed by atoms with van der Waals surface area (Å²) in [4.78, 5) is 74.3. The maximum atomic E-state index is 9.29. The zero-order valence-corrected chi connectivity index (χ0v) is 34.8. The van der Waals surface area contributed by atoms with Crippen LogP contribution in [0, 0.1) is 0 Å². The van der Waals surface area contributed by atoms with Crippen LogP contribution in [0.1, 0.15) is 26.2 Å². The summed E-state index contributed by atoms with van der Waals surface area (Å²) < 4.78 is 0. The van der Waals surface area contributed by atoms with Gasteiger partial charge in [-0.15, -0.1) is 6.58 Å². The molecule has 0 aliphatic rings. The molecule has 24 heteroatoms. The van der Waals surface area contributed by atoms with Crippen molar-refractivity contribution in [2.24, 2.45) is 0 Å². The summed E-state index contributed by atoms with van der Waals surface area (Å²) in [7, 11) is 0. The first-order valence-electron chi connectivity index (χ1n) is 6.65. The molecule has 9 nitrogen and oxygen atoms in total. The normalized spacial score (nSPS) is 10.0. The van der Waals surface area contributed by atoms with E-state index >= 15 is 0 Å². The van der Waals surface area contributed by atoms with Crippen LogP contribution in [0.25, 0.3) is 0 Å². The zero-order valence-electron chi connectivity index (χ0n) is 15.9. The Morgan fingerprint density at radius 3 is 1.06 bits per heavy atom. The number of hydrogen-bond donors (Lipinski definition) is 1. The molecule has 0 rings (SSSR count). The third-order valence-electron chi connectivity index (χ3n) is 1.25. The van der Waals surface area contributed by atoms with E-state index in [4.69, 9.17) is 0 Å². The molecule has 200 valence electrons. The molecule has 0 aromatic heterocycles. The van der Waals surface area contributed by atoms with E-state index in [9.17, 15) is 39.1 Å². The van der Waals surface area contributed by atoms with Gasteiger partial charge in [0, 0.05) is 69.7 Å². The van der Waals surface area contributed by atoms with Crippen molar-refractivity contribution in [3.8, 4) is 0 Å². The average molecular weight is 1190 g/mol. The van der Waals surface area contributed by atoms with Crippen LogP contribution in [0.15, 0.2) is 12.7 Å². The van der Waals surface area contributed by atoms with Gasteiger partial charge in [-0.05, 0) is 13.0 Å². The minimum absolute atomic E-state index is 0. The second-order valence-electron chi connectivity index (χ2n) is 3.99. The molecule has 1 N–H and O–H groups in total. The summed E-state index contributed by atoms with van der Waals surface area (Å²) >= 11 is 29.1. The van der Waals surface area contributed by atoms with Crippen molar-refractivity contribution < 1.29 is 102 Å². The number of unbranched alkanes of at least 4 members (excludes halogenated alkanes) is 2. The van der Waals surface area contributed by atoms with Crippen molar-refractivity contribution in [2.75, 3.05) is 13.1 Å². The summed E-state index contributed by atoms with van der Waals surface area (Å²) in [5.41, 5.74) is -14.9. The van der Waals surface area contributed by atoms with E-state index in [1.807, 2.05) is 6.08 Å². The third kappa shape index (κ3) is 321. The van der Waals surface area contributed by atoms with Gasteiger partial charge in [-0.1, -0.05) is 25.8 Å². The second kappa shape index (κ2) is 34.5. The molecule has 0 radical (unpaired) electrons. The molecule has 0 spiro atoms. The fourth-order valence-electron chi connectivity index (χ4n) is 0.704. The molecule has 32 heavy (non-hydrogen) atoms. The zero-order chi connectivity index (χ0) is 24.9. The van der Waals surface area contributed by atoms with Gasteiger partial charge < -0.3 is 116 Å². The second-order valence-corrected chi connectivity index (χ2v) is 21.9. The standard InChI is InChI=1S/C8H17N.4H3O2PS2.3W/c1-3-5-6-8-9-7-4-2;4*1-3(2,4)5;;;/h4,9H,2-3,5-8H2,1H3;4*(H3,1,2,4,5);;;/p-12. The van der Waals surface area contributed by atoms with Gasteiger partial charge >= 0.3 is 0 Å². The predicted octanol–water partition coefficient (Wildman–Crippen LogP) is -4.14. The molecular weight excluding hydrogens is 1170 g/mol. The fourth-order valence-corrected chi connectivity index (χ4v) is 0.704. The maximum absolute atomic E-state index is 9.29. The van der Waals surface area contributed by atoms with E-state index in [1.165, 1.54) is 19.3 Å². The molecule has 0 amide bonds. The minimum Gasteiger partial charge on any atom is -0.850 e. The summed E-state index contributed by atoms with van der Waals surface area (Å²) in [6.07, 6.45) is 5.83. The van der Waals surface area contributed by atoms with Crippen LogP contribution in [0.2, 0.25) is 0 Å². The molecule has 0 aromatic rings. The maximum Gasteiger partial charge on any atom is 0.0132 e. The van der Waals surface area contributed by atoms with Crippen LogP contribution in [-0.2, 0) is 159 Å². The van der Waals surface area contributed by atoms with E-state index < -0.39 is 22.8 Å². The van der Waals surface area contributed by atoms with Gasteiger partial charge in [0.15, 0.2) is 0 Å². The largest absolute Gasteiger partial charge is 0.850 e. The van der Waals surface area contributed by atoms with Gasteiger partial charge in [0.1, 0.15) is 0 Å². The topological polar surface area (TPSA) is 197 Å². The van der Waals surface area contributed by atoms with Crippen LogP contribution >= 0.6 is 22.8 Å². The smallest absolute Gasteiger partial charge is 0.0132 e. The van der Waals surface area contributed by atoms with E-state index in [2.05, 4.69) is 115 Å². The third-order valence-corrected chi connectivity index (χ3v) is 1.25. The quantitative estimate of drug-likeness (QED) is 0.117. The van der Waals surface area contributed by atoms with Gasteiger partial charge in [0.25, 0.3) is 0 Å². The predicted molar refractivity (Wildman–Crippen MR) is 129 cm³/mol. The minimum atomic E-state index is -3.72. The molecule has 0 saturated heterocycles. The average Bonchev–Trinajstić information content (AvgIpc) is 2.30. The summed E-state index contributed by atoms with van der Waals surface area (Å²) in [6, 6.07) is 0. The Balaban J connectivity index is -0.0000000376. The van der Waals surface area contributed by atoms with Crippen molar-refractivity contribution in [3.05, 3.63) is 12.7 Å². The van der Waals surface area contributed by atoms with Crippen molar-refractivity contribution in [1.82, 2.24) is 5.32 Å². The molecule has 0 aromatic carbocycles. The van der Waals surface area contributed by atoms with Crippen molar-refractivity contribution in [1.29, 1.82) is 0 Å². The number of hydrogen-bond acceptors (Lipinski definition) is 17. The van der Waals surface area contributed by atoms with E-state index in [1.54, 1.807) is 0 Å². The van der Waals surface area contributed by atoms with Gasteiger partial charge in [0.05, 0.1) is 0 Å². The van der Waals surface area contributed by atoms with Crippen molar-refractivity contribution in [2.45, 2.75) is 26.2 Å². The fraction of sp³-hybridized carbons (Fsp3) is 0.750. The Kier molecular flexibility index (Phi) is 61.8. The monoisotopic (exact) mass is 1190 g/mol. The summed E-state index contributed by atoms with van der Waals surface area (Å²) in [5, 5.41) is 3.25.